The fourth-order valence-corrected chi connectivity index (χ4v) is 3.42. The molecule has 146 valence electrons. The van der Waals surface area contributed by atoms with E-state index in [9.17, 15) is 5.11 Å². The maximum Gasteiger partial charge on any atom is 0.227 e. The predicted octanol–water partition coefficient (Wildman–Crippen LogP) is 6.57. The third kappa shape index (κ3) is 3.92. The van der Waals surface area contributed by atoms with Crippen molar-refractivity contribution in [2.75, 3.05) is 7.11 Å². The number of hydrogen-bond acceptors (Lipinski definition) is 5. The number of halogens is 2. The normalized spacial score (nSPS) is 11.4. The molecule has 1 N–H and O–H groups in total. The van der Waals surface area contributed by atoms with Crippen molar-refractivity contribution < 1.29 is 14.3 Å². The minimum absolute atomic E-state index is 0.0933. The molecule has 0 bridgehead atoms. The number of phenolic OH excluding ortho intramolecular Hbond substituents is 1. The van der Waals surface area contributed by atoms with E-state index in [0.717, 1.165) is 16.6 Å². The standard InChI is InChI=1S/C22H16Cl2N2O3/c1-12-3-5-20-18(7-12)26-22(29-20)13-4-6-19(28-2)17(9-13)25-11-14-8-15(23)10-16(24)21(14)27/h3-11,27H,1-2H3. The zero-order valence-electron chi connectivity index (χ0n) is 15.6. The first-order chi connectivity index (χ1) is 13.9. The van der Waals surface area contributed by atoms with Crippen LogP contribution in [0.3, 0.4) is 0 Å². The van der Waals surface area contributed by atoms with Gasteiger partial charge in [0.25, 0.3) is 0 Å². The number of nitrogens with zero attached hydrogens (tertiary/aromatic N) is 2. The first-order valence-electron chi connectivity index (χ1n) is 8.72. The molecule has 0 atom stereocenters. The summed E-state index contributed by atoms with van der Waals surface area (Å²) in [7, 11) is 1.56. The van der Waals surface area contributed by atoms with Gasteiger partial charge in [0.2, 0.25) is 5.89 Å². The Morgan fingerprint density at radius 3 is 2.72 bits per heavy atom. The van der Waals surface area contributed by atoms with Crippen molar-refractivity contribution in [3.8, 4) is 23.0 Å². The molecule has 4 aromatic rings. The minimum Gasteiger partial charge on any atom is -0.506 e. The molecule has 3 aromatic carbocycles. The molecule has 0 spiro atoms. The van der Waals surface area contributed by atoms with E-state index in [4.69, 9.17) is 32.4 Å². The first kappa shape index (κ1) is 19.3. The highest BCUT2D eigenvalue weighted by atomic mass is 35.5. The van der Waals surface area contributed by atoms with Gasteiger partial charge < -0.3 is 14.3 Å². The van der Waals surface area contributed by atoms with Gasteiger partial charge in [0.1, 0.15) is 22.7 Å². The summed E-state index contributed by atoms with van der Waals surface area (Å²) in [6, 6.07) is 14.3. The summed E-state index contributed by atoms with van der Waals surface area (Å²) in [6.45, 7) is 2.01. The van der Waals surface area contributed by atoms with Gasteiger partial charge in [-0.15, -0.1) is 0 Å². The Bertz CT molecular complexity index is 1250. The van der Waals surface area contributed by atoms with Gasteiger partial charge in [0.15, 0.2) is 5.58 Å². The number of aromatic nitrogens is 1. The predicted molar refractivity (Wildman–Crippen MR) is 116 cm³/mol. The van der Waals surface area contributed by atoms with E-state index in [-0.39, 0.29) is 10.8 Å². The van der Waals surface area contributed by atoms with E-state index in [1.165, 1.54) is 12.3 Å². The lowest BCUT2D eigenvalue weighted by Gasteiger charge is -2.06. The highest BCUT2D eigenvalue weighted by Gasteiger charge is 2.12. The third-order valence-electron chi connectivity index (χ3n) is 4.37. The van der Waals surface area contributed by atoms with Gasteiger partial charge in [-0.3, -0.25) is 4.99 Å². The molecular formula is C22H16Cl2N2O3. The number of aromatic hydroxyl groups is 1. The molecule has 0 fully saturated rings. The van der Waals surface area contributed by atoms with Crippen LogP contribution in [-0.2, 0) is 0 Å². The minimum atomic E-state index is -0.0933. The van der Waals surface area contributed by atoms with Crippen LogP contribution in [0.1, 0.15) is 11.1 Å². The summed E-state index contributed by atoms with van der Waals surface area (Å²) < 4.78 is 11.3. The second-order valence-corrected chi connectivity index (χ2v) is 7.30. The summed E-state index contributed by atoms with van der Waals surface area (Å²) >= 11 is 12.0. The van der Waals surface area contributed by atoms with Gasteiger partial charge >= 0.3 is 0 Å². The molecule has 0 saturated carbocycles. The fourth-order valence-electron chi connectivity index (χ4n) is 2.91. The molecule has 0 unspecified atom stereocenters. The van der Waals surface area contributed by atoms with E-state index in [1.807, 2.05) is 31.2 Å². The molecule has 29 heavy (non-hydrogen) atoms. The van der Waals surface area contributed by atoms with Crippen molar-refractivity contribution >= 4 is 46.2 Å². The molecule has 4 rings (SSSR count). The average molecular weight is 427 g/mol. The molecular weight excluding hydrogens is 411 g/mol. The molecule has 0 aliphatic rings. The molecule has 0 amide bonds. The SMILES string of the molecule is COc1ccc(-c2nc3cc(C)ccc3o2)cc1N=Cc1cc(Cl)cc(Cl)c1O. The highest BCUT2D eigenvalue weighted by molar-refractivity contribution is 6.36. The van der Waals surface area contributed by atoms with Crippen LogP contribution in [0.4, 0.5) is 5.69 Å². The van der Waals surface area contributed by atoms with Crippen LogP contribution in [0, 0.1) is 6.92 Å². The van der Waals surface area contributed by atoms with E-state index >= 15 is 0 Å². The van der Waals surface area contributed by atoms with Crippen LogP contribution in [0.25, 0.3) is 22.6 Å². The Hall–Kier alpha value is -3.02. The lowest BCUT2D eigenvalue weighted by Crippen LogP contribution is -1.87. The monoisotopic (exact) mass is 426 g/mol. The third-order valence-corrected chi connectivity index (χ3v) is 4.88. The average Bonchev–Trinajstić information content (AvgIpc) is 3.12. The van der Waals surface area contributed by atoms with Gasteiger partial charge in [-0.05, 0) is 55.0 Å². The topological polar surface area (TPSA) is 67.9 Å². The number of methoxy groups -OCH3 is 1. The Morgan fingerprint density at radius 1 is 1.10 bits per heavy atom. The Morgan fingerprint density at radius 2 is 1.93 bits per heavy atom. The number of benzene rings is 3. The smallest absolute Gasteiger partial charge is 0.227 e. The number of oxazole rings is 1. The van der Waals surface area contributed by atoms with Crippen molar-refractivity contribution in [2.45, 2.75) is 6.92 Å². The largest absolute Gasteiger partial charge is 0.506 e. The molecule has 0 radical (unpaired) electrons. The van der Waals surface area contributed by atoms with Crippen LogP contribution in [0.5, 0.6) is 11.5 Å². The van der Waals surface area contributed by atoms with Crippen molar-refractivity contribution in [1.82, 2.24) is 4.98 Å². The van der Waals surface area contributed by atoms with Crippen LogP contribution in [0.2, 0.25) is 10.0 Å². The lowest BCUT2D eigenvalue weighted by atomic mass is 10.1. The van der Waals surface area contributed by atoms with Crippen LogP contribution in [0.15, 0.2) is 57.9 Å². The summed E-state index contributed by atoms with van der Waals surface area (Å²) in [5.41, 5.74) is 4.30. The van der Waals surface area contributed by atoms with Crippen LogP contribution in [-0.4, -0.2) is 23.4 Å². The molecule has 1 aromatic heterocycles. The summed E-state index contributed by atoms with van der Waals surface area (Å²) in [5, 5.41) is 10.7. The summed E-state index contributed by atoms with van der Waals surface area (Å²) in [4.78, 5) is 9.01. The van der Waals surface area contributed by atoms with Crippen molar-refractivity contribution in [3.63, 3.8) is 0 Å². The number of hydrogen-bond donors (Lipinski definition) is 1. The Labute approximate surface area is 177 Å². The van der Waals surface area contributed by atoms with Gasteiger partial charge in [0.05, 0.1) is 12.1 Å². The summed E-state index contributed by atoms with van der Waals surface area (Å²) in [5.74, 6) is 0.951. The van der Waals surface area contributed by atoms with E-state index in [1.54, 1.807) is 25.3 Å². The number of aliphatic imine (C=N–C) groups is 1. The Kier molecular flexibility index (Phi) is 5.18. The zero-order chi connectivity index (χ0) is 20.5. The molecule has 0 saturated heterocycles. The van der Waals surface area contributed by atoms with E-state index < -0.39 is 0 Å². The van der Waals surface area contributed by atoms with Crippen molar-refractivity contribution in [3.05, 3.63) is 69.7 Å². The number of aryl methyl sites for hydroxylation is 1. The van der Waals surface area contributed by atoms with E-state index in [0.29, 0.717) is 33.5 Å². The zero-order valence-corrected chi connectivity index (χ0v) is 17.1. The maximum absolute atomic E-state index is 10.1. The molecule has 0 aliphatic carbocycles. The lowest BCUT2D eigenvalue weighted by molar-refractivity contribution is 0.416. The summed E-state index contributed by atoms with van der Waals surface area (Å²) in [6.07, 6.45) is 1.48. The quantitative estimate of drug-likeness (QED) is 0.374. The molecule has 0 aliphatic heterocycles. The van der Waals surface area contributed by atoms with E-state index in [2.05, 4.69) is 9.98 Å². The van der Waals surface area contributed by atoms with Gasteiger partial charge in [-0.25, -0.2) is 4.98 Å². The van der Waals surface area contributed by atoms with Gasteiger partial charge in [-0.1, -0.05) is 29.3 Å². The maximum atomic E-state index is 10.1. The molecule has 5 nitrogen and oxygen atoms in total. The second kappa shape index (κ2) is 7.78. The van der Waals surface area contributed by atoms with Crippen molar-refractivity contribution in [1.29, 1.82) is 0 Å². The first-order valence-corrected chi connectivity index (χ1v) is 9.48. The highest BCUT2D eigenvalue weighted by Crippen LogP contribution is 2.35. The number of fused-ring (bicyclic) bond motifs is 1. The van der Waals surface area contributed by atoms with Crippen molar-refractivity contribution in [2.24, 2.45) is 4.99 Å². The fraction of sp³-hybridized carbons (Fsp3) is 0.0909. The van der Waals surface area contributed by atoms with Gasteiger partial charge in [-0.2, -0.15) is 0 Å². The molecule has 7 heteroatoms. The Balaban J connectivity index is 1.75. The number of rotatable bonds is 4. The van der Waals surface area contributed by atoms with Crippen LogP contribution >= 0.6 is 23.2 Å². The number of ether oxygens (including phenoxy) is 1. The van der Waals surface area contributed by atoms with Crippen LogP contribution < -0.4 is 4.74 Å². The molecule has 1 heterocycles. The number of phenols is 1. The second-order valence-electron chi connectivity index (χ2n) is 6.46. The van der Waals surface area contributed by atoms with Gasteiger partial charge in [0, 0.05) is 22.4 Å².